The second-order valence-corrected chi connectivity index (χ2v) is 6.73. The number of β-lactam (4-membered cyclic amide) rings is 1. The third kappa shape index (κ3) is 2.76. The van der Waals surface area contributed by atoms with Gasteiger partial charge in [-0.2, -0.15) is 0 Å². The molecular weight excluding hydrogens is 312 g/mol. The van der Waals surface area contributed by atoms with Crippen LogP contribution in [0.5, 0.6) is 0 Å². The minimum Gasteiger partial charge on any atom is -0.379 e. The Balaban J connectivity index is 1.71. The Bertz CT molecular complexity index is 953. The topological polar surface area (TPSA) is 61.0 Å². The Morgan fingerprint density at radius 3 is 2.60 bits per heavy atom. The van der Waals surface area contributed by atoms with Crippen molar-refractivity contribution in [1.29, 1.82) is 0 Å². The van der Waals surface area contributed by atoms with Crippen molar-refractivity contribution in [3.05, 3.63) is 52.8 Å². The molecule has 1 aromatic heterocycles. The number of amides is 1. The first kappa shape index (κ1) is 15.7. The zero-order valence-electron chi connectivity index (χ0n) is 14.8. The van der Waals surface area contributed by atoms with Crippen molar-refractivity contribution in [3.8, 4) is 0 Å². The van der Waals surface area contributed by atoms with Crippen LogP contribution in [-0.4, -0.2) is 22.4 Å². The molecule has 0 spiro atoms. The lowest BCUT2D eigenvalue weighted by Gasteiger charge is -2.31. The van der Waals surface area contributed by atoms with Gasteiger partial charge in [-0.3, -0.25) is 4.79 Å². The zero-order valence-corrected chi connectivity index (χ0v) is 14.8. The van der Waals surface area contributed by atoms with E-state index < -0.39 is 0 Å². The summed E-state index contributed by atoms with van der Waals surface area (Å²) in [4.78, 5) is 21.6. The van der Waals surface area contributed by atoms with Crippen LogP contribution in [0.4, 0.5) is 11.4 Å². The molecule has 1 saturated heterocycles. The van der Waals surface area contributed by atoms with Gasteiger partial charge in [0, 0.05) is 25.2 Å². The van der Waals surface area contributed by atoms with E-state index in [2.05, 4.69) is 47.3 Å². The van der Waals surface area contributed by atoms with Gasteiger partial charge in [-0.25, -0.2) is 4.98 Å². The summed E-state index contributed by atoms with van der Waals surface area (Å²) >= 11 is 0. The highest BCUT2D eigenvalue weighted by Crippen LogP contribution is 2.32. The maximum Gasteiger partial charge on any atom is 0.228 e. The number of rotatable bonds is 4. The summed E-state index contributed by atoms with van der Waals surface area (Å²) in [6.07, 6.45) is 0.630. The number of anilines is 2. The molecule has 5 heteroatoms. The molecule has 5 nitrogen and oxygen atoms in total. The lowest BCUT2D eigenvalue weighted by molar-refractivity contribution is -0.122. The Morgan fingerprint density at radius 2 is 1.96 bits per heavy atom. The molecule has 25 heavy (non-hydrogen) atoms. The van der Waals surface area contributed by atoms with E-state index in [4.69, 9.17) is 0 Å². The van der Waals surface area contributed by atoms with Crippen molar-refractivity contribution in [2.45, 2.75) is 33.7 Å². The fourth-order valence-electron chi connectivity index (χ4n) is 3.42. The van der Waals surface area contributed by atoms with Crippen LogP contribution in [-0.2, 0) is 11.3 Å². The maximum atomic E-state index is 11.8. The number of carbonyl (C=O) groups excluding carboxylic acids is 1. The Labute approximate surface area is 147 Å². The first-order valence-corrected chi connectivity index (χ1v) is 8.62. The molecular formula is C20H22N4O. The second-order valence-electron chi connectivity index (χ2n) is 6.73. The van der Waals surface area contributed by atoms with E-state index in [-0.39, 0.29) is 5.91 Å². The number of fused-ring (bicyclic) bond motifs is 1. The van der Waals surface area contributed by atoms with Crippen molar-refractivity contribution in [1.82, 2.24) is 9.97 Å². The SMILES string of the molecule is Cc1nc2c(NCc3c(C)cccc3C)cc(N3CCC3=O)cc2[nH]1. The van der Waals surface area contributed by atoms with Crippen LogP contribution in [0.25, 0.3) is 11.0 Å². The second kappa shape index (κ2) is 5.92. The largest absolute Gasteiger partial charge is 0.379 e. The minimum atomic E-state index is 0.177. The highest BCUT2D eigenvalue weighted by molar-refractivity contribution is 6.02. The summed E-state index contributed by atoms with van der Waals surface area (Å²) in [6, 6.07) is 10.4. The molecule has 0 aliphatic carbocycles. The van der Waals surface area contributed by atoms with Crippen LogP contribution in [0, 0.1) is 20.8 Å². The van der Waals surface area contributed by atoms with Crippen LogP contribution in [0.2, 0.25) is 0 Å². The summed E-state index contributed by atoms with van der Waals surface area (Å²) in [6.45, 7) is 7.73. The quantitative estimate of drug-likeness (QED) is 0.713. The van der Waals surface area contributed by atoms with Crippen molar-refractivity contribution >= 4 is 28.3 Å². The van der Waals surface area contributed by atoms with Crippen molar-refractivity contribution in [3.63, 3.8) is 0 Å². The number of hydrogen-bond acceptors (Lipinski definition) is 3. The summed E-state index contributed by atoms with van der Waals surface area (Å²) in [5, 5.41) is 3.54. The molecule has 1 fully saturated rings. The molecule has 2 N–H and O–H groups in total. The van der Waals surface area contributed by atoms with Crippen LogP contribution >= 0.6 is 0 Å². The van der Waals surface area contributed by atoms with Gasteiger partial charge in [0.25, 0.3) is 0 Å². The molecule has 1 aliphatic heterocycles. The lowest BCUT2D eigenvalue weighted by Crippen LogP contribution is -2.43. The molecule has 0 radical (unpaired) electrons. The first-order valence-electron chi connectivity index (χ1n) is 8.62. The Kier molecular flexibility index (Phi) is 3.71. The standard InChI is InChI=1S/C20H22N4O/c1-12-5-4-6-13(2)16(12)11-21-17-9-15(24-8-7-19(24)25)10-18-20(17)23-14(3)22-18/h4-6,9-10,21H,7-8,11H2,1-3H3,(H,22,23). The van der Waals surface area contributed by atoms with Crippen molar-refractivity contribution in [2.24, 2.45) is 0 Å². The number of aryl methyl sites for hydroxylation is 3. The van der Waals surface area contributed by atoms with Crippen LogP contribution in [0.15, 0.2) is 30.3 Å². The molecule has 2 aromatic carbocycles. The molecule has 2 heterocycles. The van der Waals surface area contributed by atoms with Crippen LogP contribution in [0.3, 0.4) is 0 Å². The van der Waals surface area contributed by atoms with E-state index in [1.165, 1.54) is 16.7 Å². The normalized spacial score (nSPS) is 14.0. The number of carbonyl (C=O) groups is 1. The maximum absolute atomic E-state index is 11.8. The van der Waals surface area contributed by atoms with E-state index in [0.717, 1.165) is 41.3 Å². The Morgan fingerprint density at radius 1 is 1.20 bits per heavy atom. The molecule has 3 aromatic rings. The highest BCUT2D eigenvalue weighted by Gasteiger charge is 2.26. The molecule has 0 unspecified atom stereocenters. The molecule has 128 valence electrons. The lowest BCUT2D eigenvalue weighted by atomic mass is 10.0. The number of aromatic amines is 1. The average molecular weight is 334 g/mol. The summed E-state index contributed by atoms with van der Waals surface area (Å²) in [5.74, 6) is 1.05. The van der Waals surface area contributed by atoms with Gasteiger partial charge in [-0.05, 0) is 49.6 Å². The average Bonchev–Trinajstić information content (AvgIpc) is 2.93. The molecule has 0 saturated carbocycles. The first-order chi connectivity index (χ1) is 12.0. The molecule has 4 rings (SSSR count). The van der Waals surface area contributed by atoms with E-state index in [9.17, 15) is 4.79 Å². The van der Waals surface area contributed by atoms with Crippen LogP contribution in [0.1, 0.15) is 28.9 Å². The third-order valence-corrected chi connectivity index (χ3v) is 4.95. The molecule has 1 aliphatic rings. The monoisotopic (exact) mass is 334 g/mol. The van der Waals surface area contributed by atoms with Gasteiger partial charge in [0.1, 0.15) is 11.3 Å². The van der Waals surface area contributed by atoms with E-state index >= 15 is 0 Å². The van der Waals surface area contributed by atoms with Crippen molar-refractivity contribution in [2.75, 3.05) is 16.8 Å². The number of H-pyrrole nitrogens is 1. The minimum absolute atomic E-state index is 0.177. The van der Waals surface area contributed by atoms with Gasteiger partial charge in [0.15, 0.2) is 0 Å². The smallest absolute Gasteiger partial charge is 0.228 e. The van der Waals surface area contributed by atoms with Gasteiger partial charge in [-0.1, -0.05) is 18.2 Å². The van der Waals surface area contributed by atoms with E-state index in [1.54, 1.807) is 0 Å². The Hall–Kier alpha value is -2.82. The number of imidazole rings is 1. The van der Waals surface area contributed by atoms with Crippen molar-refractivity contribution < 1.29 is 4.79 Å². The van der Waals surface area contributed by atoms with Gasteiger partial charge in [0.05, 0.1) is 11.2 Å². The van der Waals surface area contributed by atoms with E-state index in [1.807, 2.05) is 24.0 Å². The predicted octanol–water partition coefficient (Wildman–Crippen LogP) is 3.84. The summed E-state index contributed by atoms with van der Waals surface area (Å²) in [7, 11) is 0. The summed E-state index contributed by atoms with van der Waals surface area (Å²) in [5.41, 5.74) is 7.61. The molecule has 0 atom stereocenters. The zero-order chi connectivity index (χ0) is 17.6. The van der Waals surface area contributed by atoms with Gasteiger partial charge in [0.2, 0.25) is 5.91 Å². The number of hydrogen-bond donors (Lipinski definition) is 2. The number of aromatic nitrogens is 2. The van der Waals surface area contributed by atoms with Crippen LogP contribution < -0.4 is 10.2 Å². The van der Waals surface area contributed by atoms with Gasteiger partial charge < -0.3 is 15.2 Å². The predicted molar refractivity (Wildman–Crippen MR) is 101 cm³/mol. The molecule has 0 bridgehead atoms. The molecule has 1 amide bonds. The number of nitrogens with zero attached hydrogens (tertiary/aromatic N) is 2. The van der Waals surface area contributed by atoms with Gasteiger partial charge >= 0.3 is 0 Å². The van der Waals surface area contributed by atoms with Gasteiger partial charge in [-0.15, -0.1) is 0 Å². The van der Waals surface area contributed by atoms with E-state index in [0.29, 0.717) is 6.42 Å². The number of nitrogens with one attached hydrogen (secondary N) is 2. The fourth-order valence-corrected chi connectivity index (χ4v) is 3.42. The number of benzene rings is 2. The summed E-state index contributed by atoms with van der Waals surface area (Å²) < 4.78 is 0. The highest BCUT2D eigenvalue weighted by atomic mass is 16.2. The third-order valence-electron chi connectivity index (χ3n) is 4.95. The fraction of sp³-hybridized carbons (Fsp3) is 0.300.